The Hall–Kier alpha value is -1.58. The number of anilines is 4. The molecule has 64 heavy (non-hydrogen) atoms. The highest BCUT2D eigenvalue weighted by Crippen LogP contribution is 2.43. The van der Waals surface area contributed by atoms with Crippen LogP contribution in [0.5, 0.6) is 0 Å². The van der Waals surface area contributed by atoms with Crippen LogP contribution in [0.25, 0.3) is 0 Å². The maximum Gasteiger partial charge on any atom is 0.303 e. The Morgan fingerprint density at radius 1 is 0.594 bits per heavy atom. The first-order valence-electron chi connectivity index (χ1n) is 18.6. The van der Waals surface area contributed by atoms with E-state index in [4.69, 9.17) is 14.2 Å². The molecule has 7 N–H and O–H groups in total. The molecule has 0 spiro atoms. The number of amides is 4. The van der Waals surface area contributed by atoms with Crippen molar-refractivity contribution in [2.45, 2.75) is 92.3 Å². The molecule has 0 heterocycles. The first-order valence-corrected chi connectivity index (χ1v) is 25.0. The van der Waals surface area contributed by atoms with Gasteiger partial charge in [0.05, 0.1) is 49.6 Å². The van der Waals surface area contributed by atoms with Crippen molar-refractivity contribution >= 4 is 206 Å². The minimum absolute atomic E-state index is 0.0645. The molecule has 26 heteroatoms. The number of benzene rings is 2. The summed E-state index contributed by atoms with van der Waals surface area (Å²) in [6.45, 7) is 7.94. The number of hydrogen-bond donors (Lipinski definition) is 7. The van der Waals surface area contributed by atoms with Gasteiger partial charge in [0.25, 0.3) is 23.6 Å². The van der Waals surface area contributed by atoms with Gasteiger partial charge in [0, 0.05) is 53.6 Å². The van der Waals surface area contributed by atoms with Crippen LogP contribution in [0.15, 0.2) is 0 Å². The van der Waals surface area contributed by atoms with Gasteiger partial charge in [-0.1, -0.05) is 0 Å². The maximum atomic E-state index is 13.4. The van der Waals surface area contributed by atoms with Gasteiger partial charge in [-0.25, -0.2) is 0 Å². The third kappa shape index (κ3) is 17.5. The molecule has 20 nitrogen and oxygen atoms in total. The second-order valence-electron chi connectivity index (χ2n) is 13.2. The molecule has 4 amide bonds. The zero-order valence-electron chi connectivity index (χ0n) is 35.1. The molecule has 2 aromatic carbocycles. The van der Waals surface area contributed by atoms with Crippen LogP contribution in [0.1, 0.15) is 66.0 Å². The molecule has 2 aromatic rings. The van der Waals surface area contributed by atoms with Crippen molar-refractivity contribution in [1.29, 1.82) is 0 Å². The van der Waals surface area contributed by atoms with Gasteiger partial charge in [-0.15, -0.1) is 0 Å². The Labute approximate surface area is 450 Å². The lowest BCUT2D eigenvalue weighted by Crippen LogP contribution is -2.43. The number of carbonyl (C=O) groups excluding carboxylic acids is 7. The van der Waals surface area contributed by atoms with Crippen LogP contribution in [0.2, 0.25) is 0 Å². The average molecular weight is 1580 g/mol. The molecule has 356 valence electrons. The van der Waals surface area contributed by atoms with Gasteiger partial charge < -0.3 is 60.2 Å². The number of aliphatic hydroxyl groups excluding tert-OH is 4. The number of halogens is 6. The molecule has 4 unspecified atom stereocenters. The fourth-order valence-corrected chi connectivity index (χ4v) is 14.1. The SMILES string of the molecule is CC(=O)OCCN(C(=O)C(C)OC(C)=O)c1c(I)c(CCC(=O)O)c(I)c(NC(=O)C(C)OC(C)=O)c1I.CC(O)C(=O)Nc1c(I)c(CO)c(I)c(N(CCO)C(=O)C(C)O)c1I. The second-order valence-corrected chi connectivity index (χ2v) is 19.7. The number of ether oxygens (including phenoxy) is 3. The molecular weight excluding hydrogens is 1530 g/mol. The second kappa shape index (κ2) is 28.7. The minimum atomic E-state index is -1.29. The van der Waals surface area contributed by atoms with Crippen LogP contribution in [-0.4, -0.2) is 124 Å². The summed E-state index contributed by atoms with van der Waals surface area (Å²) in [7, 11) is 0. The Bertz CT molecular complexity index is 2110. The summed E-state index contributed by atoms with van der Waals surface area (Å²) >= 11 is 11.8. The molecule has 0 aromatic heterocycles. The highest BCUT2D eigenvalue weighted by Gasteiger charge is 2.33. The lowest BCUT2D eigenvalue weighted by Gasteiger charge is -2.30. The molecule has 0 saturated carbocycles. The number of carbonyl (C=O) groups is 8. The molecule has 0 radical (unpaired) electrons. The van der Waals surface area contributed by atoms with E-state index in [1.807, 2.05) is 136 Å². The predicted octanol–water partition coefficient (Wildman–Crippen LogP) is 4.27. The lowest BCUT2D eigenvalue weighted by atomic mass is 10.1. The third-order valence-corrected chi connectivity index (χ3v) is 15.0. The number of carboxylic acid groups (broad SMARTS) is 1. The van der Waals surface area contributed by atoms with Gasteiger partial charge >= 0.3 is 23.9 Å². The van der Waals surface area contributed by atoms with Crippen LogP contribution in [0, 0.1) is 21.4 Å². The highest BCUT2D eigenvalue weighted by molar-refractivity contribution is 14.1. The van der Waals surface area contributed by atoms with Crippen LogP contribution in [0.3, 0.4) is 0 Å². The summed E-state index contributed by atoms with van der Waals surface area (Å²) in [5, 5.41) is 52.9. The Balaban J connectivity index is 0.000000687. The normalized spacial score (nSPS) is 12.6. The predicted molar refractivity (Wildman–Crippen MR) is 283 cm³/mol. The Kier molecular flexibility index (Phi) is 27.1. The van der Waals surface area contributed by atoms with E-state index in [2.05, 4.69) is 10.6 Å². The average Bonchev–Trinajstić information content (AvgIpc) is 3.18. The molecular formula is C38H46I6N4O16. The zero-order chi connectivity index (χ0) is 49.5. The van der Waals surface area contributed by atoms with E-state index in [1.54, 1.807) is 0 Å². The number of esters is 3. The van der Waals surface area contributed by atoms with E-state index < -0.39 is 71.9 Å². The van der Waals surface area contributed by atoms with Crippen LogP contribution < -0.4 is 20.4 Å². The number of carboxylic acids is 1. The van der Waals surface area contributed by atoms with Gasteiger partial charge in [-0.2, -0.15) is 0 Å². The minimum Gasteiger partial charge on any atom is -0.481 e. The maximum absolute atomic E-state index is 13.4. The van der Waals surface area contributed by atoms with Crippen molar-refractivity contribution < 1.29 is 78.1 Å². The standard InChI is InChI=1S/C23H27I3N2O10.C15H19I3N2O6/c1-10(37-13(4)30)22(34)27-20-17(24)15(6-7-16(32)33)18(25)21(19(20)26)28(8-9-36-12(3)29)23(35)11(2)38-14(5)31;1-6(23)14(25)19-12-9(16)8(5-22)10(17)13(11(12)18)20(3-4-21)15(26)7(2)24/h10-11H,6-9H2,1-5H3,(H,27,34)(H,32,33);6-7,21-24H,3-5H2,1-2H3,(H,19,25). The quantitative estimate of drug-likeness (QED) is 0.0587. The summed E-state index contributed by atoms with van der Waals surface area (Å²) in [5.74, 6) is -5.45. The first kappa shape index (κ1) is 60.4. The molecule has 0 aliphatic rings. The Morgan fingerprint density at radius 2 is 1.05 bits per heavy atom. The number of rotatable bonds is 19. The van der Waals surface area contributed by atoms with Crippen molar-refractivity contribution in [3.8, 4) is 0 Å². The summed E-state index contributed by atoms with van der Waals surface area (Å²) in [5.41, 5.74) is 2.33. The van der Waals surface area contributed by atoms with Gasteiger partial charge in [0.15, 0.2) is 12.2 Å². The van der Waals surface area contributed by atoms with Crippen molar-refractivity contribution in [3.05, 3.63) is 32.5 Å². The largest absolute Gasteiger partial charge is 0.481 e. The van der Waals surface area contributed by atoms with Gasteiger partial charge in [0.2, 0.25) is 0 Å². The molecule has 0 bridgehead atoms. The molecule has 0 saturated heterocycles. The summed E-state index contributed by atoms with van der Waals surface area (Å²) in [6.07, 6.45) is -5.01. The smallest absolute Gasteiger partial charge is 0.303 e. The third-order valence-electron chi connectivity index (χ3n) is 8.17. The van der Waals surface area contributed by atoms with E-state index in [9.17, 15) is 63.9 Å². The monoisotopic (exact) mass is 1580 g/mol. The number of aliphatic hydroxyl groups is 4. The number of nitrogens with one attached hydrogen (secondary N) is 2. The zero-order valence-corrected chi connectivity index (χ0v) is 48.1. The van der Waals surface area contributed by atoms with E-state index in [0.29, 0.717) is 49.6 Å². The molecule has 0 fully saturated rings. The van der Waals surface area contributed by atoms with Gasteiger partial charge in [0.1, 0.15) is 18.8 Å². The summed E-state index contributed by atoms with van der Waals surface area (Å²) in [4.78, 5) is 98.7. The van der Waals surface area contributed by atoms with Gasteiger partial charge in [-0.05, 0) is 175 Å². The number of hydrogen-bond acceptors (Lipinski definition) is 15. The summed E-state index contributed by atoms with van der Waals surface area (Å²) in [6, 6.07) is 0. The summed E-state index contributed by atoms with van der Waals surface area (Å²) < 4.78 is 18.2. The Morgan fingerprint density at radius 3 is 1.47 bits per heavy atom. The van der Waals surface area contributed by atoms with Crippen molar-refractivity contribution in [2.75, 3.05) is 46.7 Å². The first-order chi connectivity index (χ1) is 29.7. The molecule has 2 rings (SSSR count). The van der Waals surface area contributed by atoms with Crippen molar-refractivity contribution in [3.63, 3.8) is 0 Å². The van der Waals surface area contributed by atoms with E-state index in [1.165, 1.54) is 51.3 Å². The van der Waals surface area contributed by atoms with Crippen LogP contribution >= 0.6 is 136 Å². The lowest BCUT2D eigenvalue weighted by molar-refractivity contribution is -0.151. The van der Waals surface area contributed by atoms with Crippen LogP contribution in [0.4, 0.5) is 22.7 Å². The van der Waals surface area contributed by atoms with E-state index in [0.717, 1.165) is 6.92 Å². The molecule has 0 aliphatic heterocycles. The van der Waals surface area contributed by atoms with E-state index >= 15 is 0 Å². The molecule has 4 atom stereocenters. The van der Waals surface area contributed by atoms with Crippen molar-refractivity contribution in [1.82, 2.24) is 0 Å². The number of aliphatic carboxylic acids is 1. The van der Waals surface area contributed by atoms with Gasteiger partial charge in [-0.3, -0.25) is 38.4 Å². The fourth-order valence-electron chi connectivity index (χ4n) is 5.23. The molecule has 0 aliphatic carbocycles. The highest BCUT2D eigenvalue weighted by atomic mass is 127. The topological polar surface area (TPSA) is 296 Å². The van der Waals surface area contributed by atoms with Crippen molar-refractivity contribution in [2.24, 2.45) is 0 Å². The van der Waals surface area contributed by atoms with E-state index in [-0.39, 0.29) is 51.4 Å². The fraction of sp³-hybridized carbons (Fsp3) is 0.474. The van der Waals surface area contributed by atoms with Crippen LogP contribution in [-0.2, 0) is 65.6 Å². The number of nitrogens with zero attached hydrogens (tertiary/aromatic N) is 2.